The summed E-state index contributed by atoms with van der Waals surface area (Å²) in [5.74, 6) is 0.797. The summed E-state index contributed by atoms with van der Waals surface area (Å²) in [6.45, 7) is 1.00. The summed E-state index contributed by atoms with van der Waals surface area (Å²) in [4.78, 5) is 24.8. The summed E-state index contributed by atoms with van der Waals surface area (Å²) in [6.07, 6.45) is 0. The van der Waals surface area contributed by atoms with Gasteiger partial charge in [-0.05, 0) is 54.6 Å². The Kier molecular flexibility index (Phi) is 5.48. The number of hydrogen-bond acceptors (Lipinski definition) is 4. The lowest BCUT2D eigenvalue weighted by molar-refractivity contribution is 0.102. The highest BCUT2D eigenvalue weighted by Gasteiger charge is 2.14. The number of halogens is 1. The third-order valence-corrected chi connectivity index (χ3v) is 4.79. The van der Waals surface area contributed by atoms with Gasteiger partial charge in [0.2, 0.25) is 0 Å². The van der Waals surface area contributed by atoms with Crippen LogP contribution in [-0.4, -0.2) is 25.0 Å². The van der Waals surface area contributed by atoms with Gasteiger partial charge in [-0.25, -0.2) is 0 Å². The smallest absolute Gasteiger partial charge is 0.255 e. The SMILES string of the molecule is O=C(Nc1ccc2c(c1)OCCO2)c1ccc(NC(=O)c2cccc(Br)c2)cc1. The second kappa shape index (κ2) is 8.36. The fourth-order valence-electron chi connectivity index (χ4n) is 2.86. The minimum Gasteiger partial charge on any atom is -0.486 e. The lowest BCUT2D eigenvalue weighted by Crippen LogP contribution is -2.16. The minimum absolute atomic E-state index is 0.222. The number of carbonyl (C=O) groups excluding carboxylic acids is 2. The number of rotatable bonds is 4. The van der Waals surface area contributed by atoms with E-state index in [2.05, 4.69) is 26.6 Å². The molecule has 4 rings (SSSR count). The fraction of sp³-hybridized carbons (Fsp3) is 0.0909. The number of fused-ring (bicyclic) bond motifs is 1. The molecule has 0 aliphatic carbocycles. The molecule has 1 heterocycles. The van der Waals surface area contributed by atoms with Crippen molar-refractivity contribution in [1.29, 1.82) is 0 Å². The van der Waals surface area contributed by atoms with Gasteiger partial charge in [0.15, 0.2) is 11.5 Å². The molecule has 7 heteroatoms. The van der Waals surface area contributed by atoms with Crippen LogP contribution >= 0.6 is 15.9 Å². The molecule has 6 nitrogen and oxygen atoms in total. The molecule has 0 unspecified atom stereocenters. The highest BCUT2D eigenvalue weighted by Crippen LogP contribution is 2.32. The van der Waals surface area contributed by atoms with Gasteiger partial charge in [0.25, 0.3) is 11.8 Å². The molecule has 0 fully saturated rings. The summed E-state index contributed by atoms with van der Waals surface area (Å²) in [5, 5.41) is 5.65. The van der Waals surface area contributed by atoms with Crippen LogP contribution in [0.2, 0.25) is 0 Å². The second-order valence-electron chi connectivity index (χ2n) is 6.35. The molecule has 0 saturated carbocycles. The highest BCUT2D eigenvalue weighted by atomic mass is 79.9. The van der Waals surface area contributed by atoms with Gasteiger partial charge in [0.1, 0.15) is 13.2 Å². The molecule has 0 atom stereocenters. The molecule has 3 aromatic rings. The zero-order valence-corrected chi connectivity index (χ0v) is 16.9. The maximum atomic E-state index is 12.5. The van der Waals surface area contributed by atoms with E-state index in [9.17, 15) is 9.59 Å². The van der Waals surface area contributed by atoms with E-state index >= 15 is 0 Å². The van der Waals surface area contributed by atoms with Crippen LogP contribution in [0, 0.1) is 0 Å². The number of amides is 2. The van der Waals surface area contributed by atoms with Crippen molar-refractivity contribution in [2.75, 3.05) is 23.8 Å². The van der Waals surface area contributed by atoms with E-state index < -0.39 is 0 Å². The van der Waals surface area contributed by atoms with Gasteiger partial charge in [-0.1, -0.05) is 22.0 Å². The topological polar surface area (TPSA) is 76.7 Å². The van der Waals surface area contributed by atoms with Crippen LogP contribution in [0.15, 0.2) is 71.2 Å². The molecule has 0 aromatic heterocycles. The van der Waals surface area contributed by atoms with Crippen molar-refractivity contribution in [3.63, 3.8) is 0 Å². The van der Waals surface area contributed by atoms with Crippen LogP contribution in [-0.2, 0) is 0 Å². The highest BCUT2D eigenvalue weighted by molar-refractivity contribution is 9.10. The molecule has 0 bridgehead atoms. The van der Waals surface area contributed by atoms with E-state index in [1.807, 2.05) is 6.07 Å². The predicted octanol–water partition coefficient (Wildman–Crippen LogP) is 4.72. The first-order valence-electron chi connectivity index (χ1n) is 8.96. The normalized spacial score (nSPS) is 12.2. The van der Waals surface area contributed by atoms with Crippen LogP contribution in [0.1, 0.15) is 20.7 Å². The monoisotopic (exact) mass is 452 g/mol. The van der Waals surface area contributed by atoms with E-state index in [-0.39, 0.29) is 11.8 Å². The molecule has 0 saturated heterocycles. The van der Waals surface area contributed by atoms with Gasteiger partial charge in [-0.15, -0.1) is 0 Å². The summed E-state index contributed by atoms with van der Waals surface area (Å²) < 4.78 is 11.8. The number of ether oxygens (including phenoxy) is 2. The van der Waals surface area contributed by atoms with E-state index in [4.69, 9.17) is 9.47 Å². The van der Waals surface area contributed by atoms with Gasteiger partial charge in [0, 0.05) is 33.0 Å². The van der Waals surface area contributed by atoms with Crippen molar-refractivity contribution in [1.82, 2.24) is 0 Å². The van der Waals surface area contributed by atoms with E-state index in [0.717, 1.165) is 4.47 Å². The molecule has 0 radical (unpaired) electrons. The average Bonchev–Trinajstić information content (AvgIpc) is 2.74. The maximum absolute atomic E-state index is 12.5. The van der Waals surface area contributed by atoms with E-state index in [1.54, 1.807) is 60.7 Å². The second-order valence-corrected chi connectivity index (χ2v) is 7.27. The van der Waals surface area contributed by atoms with Crippen molar-refractivity contribution in [3.8, 4) is 11.5 Å². The molecule has 1 aliphatic heterocycles. The number of anilines is 2. The van der Waals surface area contributed by atoms with Crippen LogP contribution in [0.4, 0.5) is 11.4 Å². The first-order chi connectivity index (χ1) is 14.1. The van der Waals surface area contributed by atoms with Crippen LogP contribution in [0.5, 0.6) is 11.5 Å². The largest absolute Gasteiger partial charge is 0.486 e. The van der Waals surface area contributed by atoms with Crippen molar-refractivity contribution in [2.45, 2.75) is 0 Å². The van der Waals surface area contributed by atoms with Crippen LogP contribution in [0.3, 0.4) is 0 Å². The number of hydrogen-bond donors (Lipinski definition) is 2. The Morgan fingerprint density at radius 2 is 1.38 bits per heavy atom. The Labute approximate surface area is 176 Å². The molecule has 146 valence electrons. The van der Waals surface area contributed by atoms with Gasteiger partial charge in [0.05, 0.1) is 0 Å². The molecular formula is C22H17BrN2O4. The lowest BCUT2D eigenvalue weighted by atomic mass is 10.1. The Morgan fingerprint density at radius 1 is 0.724 bits per heavy atom. The van der Waals surface area contributed by atoms with Crippen LogP contribution in [0.25, 0.3) is 0 Å². The van der Waals surface area contributed by atoms with Gasteiger partial charge < -0.3 is 20.1 Å². The zero-order chi connectivity index (χ0) is 20.2. The van der Waals surface area contributed by atoms with Crippen molar-refractivity contribution < 1.29 is 19.1 Å². The molecule has 2 amide bonds. The molecular weight excluding hydrogens is 436 g/mol. The summed E-state index contributed by atoms with van der Waals surface area (Å²) in [7, 11) is 0. The Balaban J connectivity index is 1.41. The third kappa shape index (κ3) is 4.57. The van der Waals surface area contributed by atoms with Gasteiger partial charge in [-0.2, -0.15) is 0 Å². The van der Waals surface area contributed by atoms with E-state index in [0.29, 0.717) is 47.2 Å². The van der Waals surface area contributed by atoms with Crippen molar-refractivity contribution in [3.05, 3.63) is 82.3 Å². The molecule has 3 aromatic carbocycles. The Bertz CT molecular complexity index is 1070. The van der Waals surface area contributed by atoms with Crippen molar-refractivity contribution in [2.24, 2.45) is 0 Å². The average molecular weight is 453 g/mol. The fourth-order valence-corrected chi connectivity index (χ4v) is 3.26. The molecule has 29 heavy (non-hydrogen) atoms. The molecule has 1 aliphatic rings. The zero-order valence-electron chi connectivity index (χ0n) is 15.3. The molecule has 0 spiro atoms. The van der Waals surface area contributed by atoms with Gasteiger partial charge >= 0.3 is 0 Å². The quantitative estimate of drug-likeness (QED) is 0.599. The Hall–Kier alpha value is -3.32. The summed E-state index contributed by atoms with van der Waals surface area (Å²) >= 11 is 3.35. The predicted molar refractivity (Wildman–Crippen MR) is 114 cm³/mol. The third-order valence-electron chi connectivity index (χ3n) is 4.29. The minimum atomic E-state index is -0.258. The first-order valence-corrected chi connectivity index (χ1v) is 9.76. The van der Waals surface area contributed by atoms with Crippen LogP contribution < -0.4 is 20.1 Å². The lowest BCUT2D eigenvalue weighted by Gasteiger charge is -2.19. The summed E-state index contributed by atoms with van der Waals surface area (Å²) in [5.41, 5.74) is 2.23. The van der Waals surface area contributed by atoms with Crippen molar-refractivity contribution >= 4 is 39.1 Å². The van der Waals surface area contributed by atoms with Gasteiger partial charge in [-0.3, -0.25) is 9.59 Å². The number of carbonyl (C=O) groups is 2. The maximum Gasteiger partial charge on any atom is 0.255 e. The Morgan fingerprint density at radius 3 is 2.14 bits per heavy atom. The first kappa shape index (κ1) is 19.0. The molecule has 2 N–H and O–H groups in total. The number of nitrogens with one attached hydrogen (secondary N) is 2. The summed E-state index contributed by atoms with van der Waals surface area (Å²) in [6, 6.07) is 19.1. The van der Waals surface area contributed by atoms with E-state index in [1.165, 1.54) is 0 Å². The standard InChI is InChI=1S/C22H17BrN2O4/c23-16-3-1-2-15(12-16)22(27)24-17-6-4-14(5-7-17)21(26)25-18-8-9-19-20(13-18)29-11-10-28-19/h1-9,12-13H,10-11H2,(H,24,27)(H,25,26). The number of benzene rings is 3.